The first-order valence-electron chi connectivity index (χ1n) is 8.32. The summed E-state index contributed by atoms with van der Waals surface area (Å²) in [5.41, 5.74) is 4.10. The smallest absolute Gasteiger partial charge is 0.248 e. The number of aliphatic hydroxyl groups is 1. The number of aryl methyl sites for hydroxylation is 2. The molecule has 0 bridgehead atoms. The molecule has 0 spiro atoms. The molecule has 1 aliphatic carbocycles. The number of nitrogens with zero attached hydrogens (tertiary/aromatic N) is 2. The van der Waals surface area contributed by atoms with Gasteiger partial charge in [0, 0.05) is 27.7 Å². The van der Waals surface area contributed by atoms with Crippen molar-refractivity contribution in [3.05, 3.63) is 51.2 Å². The van der Waals surface area contributed by atoms with Gasteiger partial charge in [-0.05, 0) is 44.9 Å². The molecule has 2 heterocycles. The summed E-state index contributed by atoms with van der Waals surface area (Å²) in [6.45, 7) is 3.82. The fourth-order valence-corrected chi connectivity index (χ4v) is 4.53. The minimum absolute atomic E-state index is 0.0574. The molecule has 124 valence electrons. The number of anilines is 1. The molecule has 24 heavy (non-hydrogen) atoms. The van der Waals surface area contributed by atoms with Crippen LogP contribution in [0.25, 0.3) is 0 Å². The lowest BCUT2D eigenvalue weighted by molar-refractivity contribution is -0.119. The Labute approximate surface area is 145 Å². The van der Waals surface area contributed by atoms with Crippen molar-refractivity contribution >= 4 is 28.6 Å². The van der Waals surface area contributed by atoms with E-state index in [1.807, 2.05) is 31.2 Å². The number of amides is 1. The lowest BCUT2D eigenvalue weighted by atomic mass is 9.83. The van der Waals surface area contributed by atoms with E-state index in [1.54, 1.807) is 23.3 Å². The Bertz CT molecular complexity index is 820. The van der Waals surface area contributed by atoms with E-state index in [0.717, 1.165) is 40.2 Å². The second-order valence-electron chi connectivity index (χ2n) is 6.63. The van der Waals surface area contributed by atoms with E-state index in [1.165, 1.54) is 4.88 Å². The van der Waals surface area contributed by atoms with Crippen molar-refractivity contribution in [1.82, 2.24) is 0 Å². The normalized spacial score (nSPS) is 21.1. The third-order valence-electron chi connectivity index (χ3n) is 4.77. The summed E-state index contributed by atoms with van der Waals surface area (Å²) in [6, 6.07) is 9.93. The average molecular weight is 340 g/mol. The third-order valence-corrected chi connectivity index (χ3v) is 6.13. The molecule has 1 N–H and O–H groups in total. The number of hydrogen-bond acceptors (Lipinski definition) is 4. The number of rotatable bonds is 2. The Kier molecular flexibility index (Phi) is 3.77. The van der Waals surface area contributed by atoms with Crippen molar-refractivity contribution in [2.24, 2.45) is 11.0 Å². The van der Waals surface area contributed by atoms with Crippen LogP contribution in [0.15, 0.2) is 35.4 Å². The van der Waals surface area contributed by atoms with Crippen molar-refractivity contribution in [2.75, 3.05) is 5.01 Å². The fraction of sp³-hybridized carbons (Fsp3) is 0.368. The van der Waals surface area contributed by atoms with E-state index in [-0.39, 0.29) is 11.8 Å². The number of hydrazone groups is 1. The molecule has 2 atom stereocenters. The Hall–Kier alpha value is -1.98. The van der Waals surface area contributed by atoms with Crippen LogP contribution in [0.1, 0.15) is 46.8 Å². The predicted molar refractivity (Wildman–Crippen MR) is 96.6 cm³/mol. The highest BCUT2D eigenvalue weighted by atomic mass is 32.1. The van der Waals surface area contributed by atoms with Crippen LogP contribution in [-0.4, -0.2) is 16.7 Å². The van der Waals surface area contributed by atoms with Crippen LogP contribution in [-0.2, 0) is 11.2 Å². The van der Waals surface area contributed by atoms with Gasteiger partial charge >= 0.3 is 0 Å². The van der Waals surface area contributed by atoms with Crippen LogP contribution in [0, 0.1) is 12.8 Å². The number of carbonyl (C=O) groups excluding carboxylic acids is 1. The van der Waals surface area contributed by atoms with Crippen LogP contribution >= 0.6 is 11.3 Å². The number of hydrogen-bond donors (Lipinski definition) is 1. The van der Waals surface area contributed by atoms with Crippen molar-refractivity contribution < 1.29 is 9.90 Å². The van der Waals surface area contributed by atoms with Crippen LogP contribution in [0.2, 0.25) is 0 Å². The minimum atomic E-state index is -0.460. The maximum absolute atomic E-state index is 12.5. The highest BCUT2D eigenvalue weighted by molar-refractivity contribution is 7.12. The largest absolute Gasteiger partial charge is 0.388 e. The summed E-state index contributed by atoms with van der Waals surface area (Å²) in [5, 5.41) is 16.1. The Morgan fingerprint density at radius 2 is 2.08 bits per heavy atom. The molecule has 1 aromatic carbocycles. The number of thiophene rings is 1. The molecular weight excluding hydrogens is 320 g/mol. The quantitative estimate of drug-likeness (QED) is 0.904. The summed E-state index contributed by atoms with van der Waals surface area (Å²) in [4.78, 5) is 14.8. The Balaban J connectivity index is 1.77. The molecule has 4 rings (SSSR count). The highest BCUT2D eigenvalue weighted by Gasteiger charge is 2.35. The van der Waals surface area contributed by atoms with Gasteiger partial charge in [0.05, 0.1) is 17.5 Å². The van der Waals surface area contributed by atoms with Crippen molar-refractivity contribution in [2.45, 2.75) is 39.2 Å². The SMILES string of the molecule is Cc1ccc(N2N=C3c4cc(C(C)O)sc4CCC3CC2=O)cc1. The average Bonchev–Trinajstić information content (AvgIpc) is 3.00. The molecule has 0 saturated heterocycles. The first-order valence-corrected chi connectivity index (χ1v) is 9.13. The molecule has 0 fully saturated rings. The second kappa shape index (κ2) is 5.83. The molecule has 1 aromatic heterocycles. The summed E-state index contributed by atoms with van der Waals surface area (Å²) in [5.74, 6) is 0.255. The van der Waals surface area contributed by atoms with Gasteiger partial charge in [-0.15, -0.1) is 11.3 Å². The first-order chi connectivity index (χ1) is 11.5. The fourth-order valence-electron chi connectivity index (χ4n) is 3.40. The maximum Gasteiger partial charge on any atom is 0.248 e. The third kappa shape index (κ3) is 2.58. The van der Waals surface area contributed by atoms with Gasteiger partial charge in [0.1, 0.15) is 0 Å². The minimum Gasteiger partial charge on any atom is -0.388 e. The lowest BCUT2D eigenvalue weighted by Gasteiger charge is -2.32. The van der Waals surface area contributed by atoms with E-state index in [4.69, 9.17) is 5.10 Å². The Morgan fingerprint density at radius 3 is 2.79 bits per heavy atom. The predicted octanol–water partition coefficient (Wildman–Crippen LogP) is 3.81. The Morgan fingerprint density at radius 1 is 1.33 bits per heavy atom. The van der Waals surface area contributed by atoms with Crippen molar-refractivity contribution in [3.63, 3.8) is 0 Å². The van der Waals surface area contributed by atoms with Gasteiger partial charge in [-0.25, -0.2) is 5.01 Å². The molecule has 4 nitrogen and oxygen atoms in total. The summed E-state index contributed by atoms with van der Waals surface area (Å²) in [7, 11) is 0. The van der Waals surface area contributed by atoms with Crippen molar-refractivity contribution in [1.29, 1.82) is 0 Å². The number of carbonyl (C=O) groups is 1. The number of benzene rings is 1. The standard InChI is InChI=1S/C19H20N2O2S/c1-11-3-6-14(7-4-11)21-18(23)9-13-5-8-16-15(19(13)20-21)10-17(24-16)12(2)22/h3-4,6-7,10,12-13,22H,5,8-9H2,1-2H3. The van der Waals surface area contributed by atoms with Crippen LogP contribution < -0.4 is 5.01 Å². The number of fused-ring (bicyclic) bond motifs is 3. The van der Waals surface area contributed by atoms with Gasteiger partial charge in [-0.3, -0.25) is 4.79 Å². The molecule has 1 aliphatic heterocycles. The highest BCUT2D eigenvalue weighted by Crippen LogP contribution is 2.38. The molecule has 0 saturated carbocycles. The molecule has 1 amide bonds. The lowest BCUT2D eigenvalue weighted by Crippen LogP contribution is -2.39. The van der Waals surface area contributed by atoms with Crippen LogP contribution in [0.4, 0.5) is 5.69 Å². The summed E-state index contributed by atoms with van der Waals surface area (Å²) < 4.78 is 0. The topological polar surface area (TPSA) is 52.9 Å². The molecular formula is C19H20N2O2S. The van der Waals surface area contributed by atoms with E-state index in [0.29, 0.717) is 6.42 Å². The van der Waals surface area contributed by atoms with Crippen molar-refractivity contribution in [3.8, 4) is 0 Å². The summed E-state index contributed by atoms with van der Waals surface area (Å²) in [6.07, 6.45) is 1.97. The van der Waals surface area contributed by atoms with Crippen LogP contribution in [0.3, 0.4) is 0 Å². The van der Waals surface area contributed by atoms with E-state index >= 15 is 0 Å². The zero-order chi connectivity index (χ0) is 16.8. The van der Waals surface area contributed by atoms with Gasteiger partial charge in [-0.2, -0.15) is 5.10 Å². The van der Waals surface area contributed by atoms with Gasteiger partial charge in [0.15, 0.2) is 0 Å². The maximum atomic E-state index is 12.5. The van der Waals surface area contributed by atoms with E-state index < -0.39 is 6.10 Å². The zero-order valence-electron chi connectivity index (χ0n) is 13.8. The molecule has 2 aliphatic rings. The van der Waals surface area contributed by atoms with E-state index in [9.17, 15) is 9.90 Å². The van der Waals surface area contributed by atoms with E-state index in [2.05, 4.69) is 6.07 Å². The second-order valence-corrected chi connectivity index (χ2v) is 7.80. The molecule has 0 radical (unpaired) electrons. The molecule has 5 heteroatoms. The van der Waals surface area contributed by atoms with Gasteiger partial charge in [-0.1, -0.05) is 17.7 Å². The van der Waals surface area contributed by atoms with Gasteiger partial charge in [0.25, 0.3) is 0 Å². The van der Waals surface area contributed by atoms with Crippen LogP contribution in [0.5, 0.6) is 0 Å². The molecule has 2 unspecified atom stereocenters. The number of aliphatic hydroxyl groups excluding tert-OH is 1. The first kappa shape index (κ1) is 15.5. The molecule has 2 aromatic rings. The monoisotopic (exact) mass is 340 g/mol. The zero-order valence-corrected chi connectivity index (χ0v) is 14.6. The van der Waals surface area contributed by atoms with Gasteiger partial charge < -0.3 is 5.11 Å². The summed E-state index contributed by atoms with van der Waals surface area (Å²) >= 11 is 1.66. The van der Waals surface area contributed by atoms with Gasteiger partial charge in [0.2, 0.25) is 5.91 Å².